The number of urea groups is 1. The van der Waals surface area contributed by atoms with Crippen LogP contribution in [0.5, 0.6) is 0 Å². The average molecular weight is 423 g/mol. The standard InChI is InChI=1S/C20H24F3N5O2/c1-27-7-5-19(12-27)6-8-28(13-19)18(29)24-11-14-3-2-4-15(9-14)17-25-16(26-30-17)10-20(21,22)23/h2-4,9H,5-8,10-13H2,1H3,(H,24,29). The van der Waals surface area contributed by atoms with Crippen LogP contribution in [0.4, 0.5) is 18.0 Å². The summed E-state index contributed by atoms with van der Waals surface area (Å²) in [6.45, 7) is 3.93. The highest BCUT2D eigenvalue weighted by Gasteiger charge is 2.43. The van der Waals surface area contributed by atoms with Crippen molar-refractivity contribution in [3.05, 3.63) is 35.7 Å². The largest absolute Gasteiger partial charge is 0.396 e. The fourth-order valence-electron chi connectivity index (χ4n) is 4.33. The molecular formula is C20H24F3N5O2. The normalized spacial score (nSPS) is 22.2. The van der Waals surface area contributed by atoms with Crippen LogP contribution in [0.1, 0.15) is 24.2 Å². The van der Waals surface area contributed by atoms with Crippen molar-refractivity contribution in [2.45, 2.75) is 32.0 Å². The molecule has 30 heavy (non-hydrogen) atoms. The van der Waals surface area contributed by atoms with Crippen LogP contribution in [0.15, 0.2) is 28.8 Å². The number of nitrogens with zero attached hydrogens (tertiary/aromatic N) is 4. The van der Waals surface area contributed by atoms with E-state index in [-0.39, 0.29) is 17.3 Å². The molecule has 0 saturated carbocycles. The summed E-state index contributed by atoms with van der Waals surface area (Å²) in [6.07, 6.45) is -3.48. The molecule has 0 radical (unpaired) electrons. The summed E-state index contributed by atoms with van der Waals surface area (Å²) in [5, 5.41) is 6.32. The molecule has 4 rings (SSSR count). The van der Waals surface area contributed by atoms with Gasteiger partial charge >= 0.3 is 12.2 Å². The van der Waals surface area contributed by atoms with E-state index in [9.17, 15) is 18.0 Å². The number of hydrogen-bond acceptors (Lipinski definition) is 5. The molecule has 0 aliphatic carbocycles. The van der Waals surface area contributed by atoms with E-state index in [1.165, 1.54) is 0 Å². The number of rotatable bonds is 4. The molecule has 3 heterocycles. The van der Waals surface area contributed by atoms with Crippen molar-refractivity contribution in [2.75, 3.05) is 33.2 Å². The third-order valence-corrected chi connectivity index (χ3v) is 5.80. The number of alkyl halides is 3. The summed E-state index contributed by atoms with van der Waals surface area (Å²) in [6, 6.07) is 6.87. The third kappa shape index (κ3) is 4.75. The zero-order chi connectivity index (χ0) is 21.4. The van der Waals surface area contributed by atoms with Gasteiger partial charge in [0.15, 0.2) is 5.82 Å². The van der Waals surface area contributed by atoms with Gasteiger partial charge in [0.25, 0.3) is 5.89 Å². The van der Waals surface area contributed by atoms with Crippen LogP contribution < -0.4 is 5.32 Å². The van der Waals surface area contributed by atoms with Gasteiger partial charge in [-0.2, -0.15) is 18.2 Å². The Balaban J connectivity index is 1.34. The highest BCUT2D eigenvalue weighted by molar-refractivity contribution is 5.74. The van der Waals surface area contributed by atoms with E-state index < -0.39 is 18.4 Å². The Morgan fingerprint density at radius 2 is 2.07 bits per heavy atom. The first-order valence-electron chi connectivity index (χ1n) is 9.91. The minimum atomic E-state index is -4.39. The molecule has 162 valence electrons. The van der Waals surface area contributed by atoms with Crippen molar-refractivity contribution >= 4 is 6.03 Å². The molecule has 1 spiro atoms. The molecule has 2 amide bonds. The quantitative estimate of drug-likeness (QED) is 0.818. The SMILES string of the molecule is CN1CCC2(CCN(C(=O)NCc3cccc(-c4nc(CC(F)(F)F)no4)c3)C2)C1. The van der Waals surface area contributed by atoms with E-state index in [0.717, 1.165) is 44.6 Å². The van der Waals surface area contributed by atoms with Crippen molar-refractivity contribution in [1.82, 2.24) is 25.3 Å². The van der Waals surface area contributed by atoms with Gasteiger partial charge in [0.1, 0.15) is 6.42 Å². The number of likely N-dealkylation sites (tertiary alicyclic amines) is 2. The van der Waals surface area contributed by atoms with E-state index in [0.29, 0.717) is 12.1 Å². The topological polar surface area (TPSA) is 74.5 Å². The number of benzene rings is 1. The second-order valence-corrected chi connectivity index (χ2v) is 8.33. The fourth-order valence-corrected chi connectivity index (χ4v) is 4.33. The van der Waals surface area contributed by atoms with Gasteiger partial charge in [-0.25, -0.2) is 4.79 Å². The first-order valence-corrected chi connectivity index (χ1v) is 9.91. The van der Waals surface area contributed by atoms with Gasteiger partial charge in [-0.1, -0.05) is 17.3 Å². The smallest absolute Gasteiger partial charge is 0.334 e. The van der Waals surface area contributed by atoms with Crippen molar-refractivity contribution in [3.63, 3.8) is 0 Å². The van der Waals surface area contributed by atoms with E-state index in [4.69, 9.17) is 4.52 Å². The lowest BCUT2D eigenvalue weighted by atomic mass is 9.86. The molecule has 1 atom stereocenters. The molecule has 10 heteroatoms. The van der Waals surface area contributed by atoms with E-state index in [2.05, 4.69) is 27.4 Å². The third-order valence-electron chi connectivity index (χ3n) is 5.80. The van der Waals surface area contributed by atoms with Crippen LogP contribution in [0.2, 0.25) is 0 Å². The Morgan fingerprint density at radius 1 is 1.27 bits per heavy atom. The maximum Gasteiger partial charge on any atom is 0.396 e. The van der Waals surface area contributed by atoms with Crippen LogP contribution in [-0.4, -0.2) is 65.4 Å². The van der Waals surface area contributed by atoms with Crippen LogP contribution in [-0.2, 0) is 13.0 Å². The number of amides is 2. The molecule has 1 N–H and O–H groups in total. The number of halogens is 3. The first-order chi connectivity index (χ1) is 14.2. The summed E-state index contributed by atoms with van der Waals surface area (Å²) < 4.78 is 42.4. The summed E-state index contributed by atoms with van der Waals surface area (Å²) in [5.74, 6) is -0.383. The molecule has 7 nitrogen and oxygen atoms in total. The van der Waals surface area contributed by atoms with Crippen molar-refractivity contribution in [3.8, 4) is 11.5 Å². The minimum Gasteiger partial charge on any atom is -0.334 e. The van der Waals surface area contributed by atoms with Gasteiger partial charge in [0.2, 0.25) is 0 Å². The summed E-state index contributed by atoms with van der Waals surface area (Å²) in [5.41, 5.74) is 1.53. The summed E-state index contributed by atoms with van der Waals surface area (Å²) in [4.78, 5) is 20.6. The Bertz CT molecular complexity index is 916. The van der Waals surface area contributed by atoms with E-state index in [1.54, 1.807) is 18.2 Å². The molecule has 1 aromatic carbocycles. The average Bonchev–Trinajstić information content (AvgIpc) is 3.40. The van der Waals surface area contributed by atoms with Crippen molar-refractivity contribution in [2.24, 2.45) is 5.41 Å². The molecule has 2 saturated heterocycles. The number of nitrogens with one attached hydrogen (secondary N) is 1. The van der Waals surface area contributed by atoms with Crippen LogP contribution in [0, 0.1) is 5.41 Å². The van der Waals surface area contributed by atoms with Crippen LogP contribution >= 0.6 is 0 Å². The number of carbonyl (C=O) groups excluding carboxylic acids is 1. The Kier molecular flexibility index (Phi) is 5.44. The maximum atomic E-state index is 12.6. The minimum absolute atomic E-state index is 0.0225. The lowest BCUT2D eigenvalue weighted by Crippen LogP contribution is -2.40. The van der Waals surface area contributed by atoms with E-state index in [1.807, 2.05) is 11.0 Å². The Hall–Kier alpha value is -2.62. The van der Waals surface area contributed by atoms with Crippen molar-refractivity contribution in [1.29, 1.82) is 0 Å². The van der Waals surface area contributed by atoms with E-state index >= 15 is 0 Å². The number of carbonyl (C=O) groups is 1. The molecule has 2 aromatic rings. The summed E-state index contributed by atoms with van der Waals surface area (Å²) in [7, 11) is 2.11. The van der Waals surface area contributed by atoms with Gasteiger partial charge in [0.05, 0.1) is 0 Å². The lowest BCUT2D eigenvalue weighted by molar-refractivity contribution is -0.128. The summed E-state index contributed by atoms with van der Waals surface area (Å²) >= 11 is 0. The van der Waals surface area contributed by atoms with Gasteiger partial charge in [-0.15, -0.1) is 0 Å². The zero-order valence-corrected chi connectivity index (χ0v) is 16.7. The van der Waals surface area contributed by atoms with Gasteiger partial charge in [-0.3, -0.25) is 0 Å². The fraction of sp³-hybridized carbons (Fsp3) is 0.550. The van der Waals surface area contributed by atoms with Gasteiger partial charge in [-0.05, 0) is 44.1 Å². The highest BCUT2D eigenvalue weighted by atomic mass is 19.4. The predicted octanol–water partition coefficient (Wildman–Crippen LogP) is 3.08. The molecular weight excluding hydrogens is 399 g/mol. The molecule has 2 aliphatic rings. The molecule has 1 unspecified atom stereocenters. The number of hydrogen-bond donors (Lipinski definition) is 1. The zero-order valence-electron chi connectivity index (χ0n) is 16.7. The molecule has 2 aliphatic heterocycles. The first kappa shape index (κ1) is 20.6. The second kappa shape index (κ2) is 7.90. The Labute approximate surface area is 172 Å². The van der Waals surface area contributed by atoms with Crippen LogP contribution in [0.3, 0.4) is 0 Å². The predicted molar refractivity (Wildman–Crippen MR) is 102 cm³/mol. The molecule has 0 bridgehead atoms. The van der Waals surface area contributed by atoms with Crippen molar-refractivity contribution < 1.29 is 22.5 Å². The van der Waals surface area contributed by atoms with Gasteiger partial charge in [0, 0.05) is 37.2 Å². The molecule has 1 aromatic heterocycles. The van der Waals surface area contributed by atoms with Crippen LogP contribution in [0.25, 0.3) is 11.5 Å². The Morgan fingerprint density at radius 3 is 2.80 bits per heavy atom. The highest BCUT2D eigenvalue weighted by Crippen LogP contribution is 2.38. The lowest BCUT2D eigenvalue weighted by Gasteiger charge is -2.24. The monoisotopic (exact) mass is 423 g/mol. The van der Waals surface area contributed by atoms with Gasteiger partial charge < -0.3 is 19.6 Å². The number of aromatic nitrogens is 2. The second-order valence-electron chi connectivity index (χ2n) is 8.33. The molecule has 2 fully saturated rings. The maximum absolute atomic E-state index is 12.6.